The second-order valence-electron chi connectivity index (χ2n) is 11.3. The average Bonchev–Trinajstić information content (AvgIpc) is 3.09. The minimum absolute atomic E-state index is 0.0161. The molecule has 0 radical (unpaired) electrons. The fourth-order valence-electron chi connectivity index (χ4n) is 8.21. The number of likely N-dealkylation sites (N-methyl/N-ethyl adjacent to an activating group) is 1. The minimum atomic E-state index is -0.595. The third kappa shape index (κ3) is 3.07. The number of nitrogens with zero attached hydrogens (tertiary/aromatic N) is 1. The third-order valence-corrected chi connectivity index (χ3v) is 9.76. The van der Waals surface area contributed by atoms with Crippen molar-refractivity contribution in [2.45, 2.75) is 65.3 Å². The molecule has 1 heterocycles. The molecule has 5 rings (SSSR count). The van der Waals surface area contributed by atoms with Crippen molar-refractivity contribution in [2.75, 3.05) is 12.4 Å². The molecule has 2 amide bonds. The van der Waals surface area contributed by atoms with Crippen LogP contribution in [0.15, 0.2) is 36.2 Å². The van der Waals surface area contributed by atoms with Crippen molar-refractivity contribution in [1.82, 2.24) is 4.90 Å². The zero-order valence-electron chi connectivity index (χ0n) is 19.7. The number of halogens is 1. The number of nitrogens with one attached hydrogen (secondary N) is 1. The third-order valence-electron chi connectivity index (χ3n) is 9.76. The maximum Gasteiger partial charge on any atom is 0.282 e. The summed E-state index contributed by atoms with van der Waals surface area (Å²) >= 11 is 0. The predicted octanol–water partition coefficient (Wildman–Crippen LogP) is 5.49. The Morgan fingerprint density at radius 3 is 2.66 bits per heavy atom. The van der Waals surface area contributed by atoms with E-state index in [0.717, 1.165) is 49.8 Å². The SMILES string of the molecule is Cc1cccc(NC(=O)[C@H]2CC[C@H]3C4CC[C@H]5N(C)C(=O)C(F)=C[C@]5(C)C4CC[C@]23C)c1. The molecule has 4 aliphatic rings. The zero-order chi connectivity index (χ0) is 22.8. The van der Waals surface area contributed by atoms with Gasteiger partial charge in [-0.05, 0) is 92.4 Å². The van der Waals surface area contributed by atoms with Gasteiger partial charge in [-0.3, -0.25) is 9.59 Å². The van der Waals surface area contributed by atoms with Crippen LogP contribution >= 0.6 is 0 Å². The molecule has 0 spiro atoms. The van der Waals surface area contributed by atoms with E-state index in [-0.39, 0.29) is 28.7 Å². The molecule has 7 atom stereocenters. The largest absolute Gasteiger partial charge is 0.336 e. The van der Waals surface area contributed by atoms with Crippen LogP contribution in [-0.4, -0.2) is 29.8 Å². The van der Waals surface area contributed by atoms with E-state index in [1.54, 1.807) is 18.0 Å². The molecule has 172 valence electrons. The maximum atomic E-state index is 14.6. The quantitative estimate of drug-likeness (QED) is 0.664. The number of carbonyl (C=O) groups is 2. The van der Waals surface area contributed by atoms with Gasteiger partial charge in [-0.15, -0.1) is 0 Å². The van der Waals surface area contributed by atoms with E-state index in [0.29, 0.717) is 17.8 Å². The van der Waals surface area contributed by atoms with Crippen molar-refractivity contribution < 1.29 is 14.0 Å². The molecular weight excluding hydrogens is 403 g/mol. The van der Waals surface area contributed by atoms with Crippen LogP contribution in [0.1, 0.15) is 57.9 Å². The lowest BCUT2D eigenvalue weighted by Crippen LogP contribution is -2.60. The number of carbonyl (C=O) groups excluding carboxylic acids is 2. The van der Waals surface area contributed by atoms with Crippen molar-refractivity contribution in [3.8, 4) is 0 Å². The van der Waals surface area contributed by atoms with Crippen LogP contribution in [-0.2, 0) is 9.59 Å². The topological polar surface area (TPSA) is 49.4 Å². The fraction of sp³-hybridized carbons (Fsp3) is 0.630. The van der Waals surface area contributed by atoms with Crippen molar-refractivity contribution in [3.63, 3.8) is 0 Å². The number of benzene rings is 1. The Hall–Kier alpha value is -2.17. The van der Waals surface area contributed by atoms with Crippen molar-refractivity contribution in [1.29, 1.82) is 0 Å². The molecule has 3 fully saturated rings. The van der Waals surface area contributed by atoms with Crippen molar-refractivity contribution in [3.05, 3.63) is 41.7 Å². The Morgan fingerprint density at radius 1 is 1.12 bits per heavy atom. The summed E-state index contributed by atoms with van der Waals surface area (Å²) in [5.74, 6) is 0.418. The highest BCUT2D eigenvalue weighted by atomic mass is 19.1. The van der Waals surface area contributed by atoms with Gasteiger partial charge in [0, 0.05) is 30.1 Å². The number of amides is 2. The number of rotatable bonds is 2. The first-order chi connectivity index (χ1) is 15.1. The van der Waals surface area contributed by atoms with Crippen molar-refractivity contribution >= 4 is 17.5 Å². The summed E-state index contributed by atoms with van der Waals surface area (Å²) in [5, 5.41) is 3.18. The van der Waals surface area contributed by atoms with Crippen LogP contribution in [0.5, 0.6) is 0 Å². The minimum Gasteiger partial charge on any atom is -0.336 e. The van der Waals surface area contributed by atoms with Gasteiger partial charge in [0.1, 0.15) is 0 Å². The molecule has 0 aromatic heterocycles. The van der Waals surface area contributed by atoms with Gasteiger partial charge in [0.2, 0.25) is 5.91 Å². The van der Waals surface area contributed by atoms with E-state index in [9.17, 15) is 14.0 Å². The maximum absolute atomic E-state index is 14.6. The Balaban J connectivity index is 1.39. The molecule has 4 nitrogen and oxygen atoms in total. The molecule has 0 bridgehead atoms. The summed E-state index contributed by atoms with van der Waals surface area (Å²) in [6.45, 7) is 6.52. The lowest BCUT2D eigenvalue weighted by molar-refractivity contribution is -0.144. The Bertz CT molecular complexity index is 990. The van der Waals surface area contributed by atoms with Gasteiger partial charge in [0.25, 0.3) is 5.91 Å². The number of aryl methyl sites for hydroxylation is 1. The molecular formula is C27H35FN2O2. The van der Waals surface area contributed by atoms with E-state index in [1.165, 1.54) is 0 Å². The van der Waals surface area contributed by atoms with E-state index >= 15 is 0 Å². The van der Waals surface area contributed by atoms with Gasteiger partial charge >= 0.3 is 0 Å². The first-order valence-corrected chi connectivity index (χ1v) is 12.2. The number of hydrogen-bond donors (Lipinski definition) is 1. The van der Waals surface area contributed by atoms with Gasteiger partial charge in [-0.1, -0.05) is 26.0 Å². The smallest absolute Gasteiger partial charge is 0.282 e. The molecule has 32 heavy (non-hydrogen) atoms. The molecule has 3 saturated carbocycles. The summed E-state index contributed by atoms with van der Waals surface area (Å²) in [6.07, 6.45) is 7.58. The number of hydrogen-bond acceptors (Lipinski definition) is 2. The van der Waals surface area contributed by atoms with Crippen LogP contribution < -0.4 is 5.32 Å². The van der Waals surface area contributed by atoms with Crippen LogP contribution in [0.25, 0.3) is 0 Å². The van der Waals surface area contributed by atoms with Crippen LogP contribution in [0, 0.1) is 41.4 Å². The lowest BCUT2D eigenvalue weighted by atomic mass is 9.47. The molecule has 5 heteroatoms. The van der Waals surface area contributed by atoms with Crippen LogP contribution in [0.2, 0.25) is 0 Å². The molecule has 1 aromatic rings. The van der Waals surface area contributed by atoms with E-state index in [1.807, 2.05) is 31.2 Å². The molecule has 3 aliphatic carbocycles. The Morgan fingerprint density at radius 2 is 1.91 bits per heavy atom. The summed E-state index contributed by atoms with van der Waals surface area (Å²) in [5.41, 5.74) is 1.68. The van der Waals surface area contributed by atoms with Gasteiger partial charge < -0.3 is 10.2 Å². The van der Waals surface area contributed by atoms with Gasteiger partial charge in [-0.2, -0.15) is 0 Å². The average molecular weight is 439 g/mol. The predicted molar refractivity (Wildman–Crippen MR) is 123 cm³/mol. The first-order valence-electron chi connectivity index (χ1n) is 12.2. The second-order valence-corrected chi connectivity index (χ2v) is 11.3. The highest BCUT2D eigenvalue weighted by Gasteiger charge is 2.62. The molecule has 0 saturated heterocycles. The molecule has 2 unspecified atom stereocenters. The second kappa shape index (κ2) is 7.43. The van der Waals surface area contributed by atoms with Gasteiger partial charge in [-0.25, -0.2) is 4.39 Å². The summed E-state index contributed by atoms with van der Waals surface area (Å²) in [7, 11) is 1.76. The van der Waals surface area contributed by atoms with Crippen LogP contribution in [0.4, 0.5) is 10.1 Å². The molecule has 1 aliphatic heterocycles. The van der Waals surface area contributed by atoms with E-state index in [2.05, 4.69) is 19.2 Å². The zero-order valence-corrected chi connectivity index (χ0v) is 19.7. The monoisotopic (exact) mass is 438 g/mol. The van der Waals surface area contributed by atoms with Crippen LogP contribution in [0.3, 0.4) is 0 Å². The summed E-state index contributed by atoms with van der Waals surface area (Å²) in [6, 6.07) is 8.07. The number of fused-ring (bicyclic) bond motifs is 5. The highest BCUT2D eigenvalue weighted by Crippen LogP contribution is 2.65. The Labute approximate surface area is 190 Å². The lowest BCUT2D eigenvalue weighted by Gasteiger charge is -2.60. The normalized spacial score (nSPS) is 40.8. The summed E-state index contributed by atoms with van der Waals surface area (Å²) < 4.78 is 14.6. The Kier molecular flexibility index (Phi) is 5.03. The van der Waals surface area contributed by atoms with E-state index < -0.39 is 11.7 Å². The molecule has 1 N–H and O–H groups in total. The summed E-state index contributed by atoms with van der Waals surface area (Å²) in [4.78, 5) is 27.2. The molecule has 1 aromatic carbocycles. The first kappa shape index (κ1) is 21.7. The van der Waals surface area contributed by atoms with Gasteiger partial charge in [0.15, 0.2) is 5.83 Å². The number of anilines is 1. The van der Waals surface area contributed by atoms with E-state index in [4.69, 9.17) is 0 Å². The van der Waals surface area contributed by atoms with Gasteiger partial charge in [0.05, 0.1) is 0 Å². The van der Waals surface area contributed by atoms with Crippen molar-refractivity contribution in [2.24, 2.45) is 34.5 Å². The highest BCUT2D eigenvalue weighted by molar-refractivity contribution is 5.93. The fourth-order valence-corrected chi connectivity index (χ4v) is 8.21. The standard InChI is InChI=1S/C27H35FN2O2/c1-16-6-5-7-17(14-16)29-24(31)21-10-9-19-18-8-11-23-27(3,15-22(28)25(32)30(23)4)20(18)12-13-26(19,21)2/h5-7,14-15,18-21,23H,8-13H2,1-4H3,(H,29,31)/t18?,19-,20?,21+,23+,26-,27+/m0/s1.